The molecule has 6 heteroatoms. The SMILES string of the molecule is CCC(C)NC(=O)C(CCC(=O)O)NC(C)=O. The molecule has 0 aromatic carbocycles. The molecule has 3 N–H and O–H groups in total. The van der Waals surface area contributed by atoms with E-state index >= 15 is 0 Å². The number of nitrogens with one attached hydrogen (secondary N) is 2. The Morgan fingerprint density at radius 2 is 1.82 bits per heavy atom. The molecule has 98 valence electrons. The van der Waals surface area contributed by atoms with Crippen molar-refractivity contribution >= 4 is 17.8 Å². The highest BCUT2D eigenvalue weighted by molar-refractivity contribution is 5.87. The lowest BCUT2D eigenvalue weighted by atomic mass is 10.1. The van der Waals surface area contributed by atoms with Crippen molar-refractivity contribution in [2.75, 3.05) is 0 Å². The lowest BCUT2D eigenvalue weighted by Gasteiger charge is -2.19. The van der Waals surface area contributed by atoms with Gasteiger partial charge in [0.25, 0.3) is 0 Å². The highest BCUT2D eigenvalue weighted by atomic mass is 16.4. The van der Waals surface area contributed by atoms with Gasteiger partial charge in [-0.3, -0.25) is 14.4 Å². The quantitative estimate of drug-likeness (QED) is 0.599. The van der Waals surface area contributed by atoms with E-state index in [-0.39, 0.29) is 30.7 Å². The maximum absolute atomic E-state index is 11.7. The van der Waals surface area contributed by atoms with Gasteiger partial charge in [0.05, 0.1) is 0 Å². The van der Waals surface area contributed by atoms with Crippen LogP contribution >= 0.6 is 0 Å². The fraction of sp³-hybridized carbons (Fsp3) is 0.727. The van der Waals surface area contributed by atoms with Gasteiger partial charge in [0.15, 0.2) is 0 Å². The number of carboxylic acid groups (broad SMARTS) is 1. The molecule has 0 bridgehead atoms. The molecule has 0 radical (unpaired) electrons. The molecule has 0 aliphatic rings. The molecule has 0 aliphatic carbocycles. The second-order valence-electron chi connectivity index (χ2n) is 4.00. The van der Waals surface area contributed by atoms with Gasteiger partial charge in [0, 0.05) is 19.4 Å². The van der Waals surface area contributed by atoms with Gasteiger partial charge in [-0.25, -0.2) is 0 Å². The number of carboxylic acids is 1. The van der Waals surface area contributed by atoms with Crippen molar-refractivity contribution in [3.63, 3.8) is 0 Å². The number of hydrogen-bond acceptors (Lipinski definition) is 3. The molecule has 0 aromatic heterocycles. The van der Waals surface area contributed by atoms with Gasteiger partial charge < -0.3 is 15.7 Å². The van der Waals surface area contributed by atoms with Crippen molar-refractivity contribution < 1.29 is 19.5 Å². The molecule has 0 aliphatic heterocycles. The summed E-state index contributed by atoms with van der Waals surface area (Å²) in [7, 11) is 0. The van der Waals surface area contributed by atoms with Crippen LogP contribution in [0, 0.1) is 0 Å². The Bertz CT molecular complexity index is 291. The number of amides is 2. The van der Waals surface area contributed by atoms with E-state index in [4.69, 9.17) is 5.11 Å². The van der Waals surface area contributed by atoms with Gasteiger partial charge in [0.1, 0.15) is 6.04 Å². The van der Waals surface area contributed by atoms with Crippen molar-refractivity contribution in [1.82, 2.24) is 10.6 Å². The minimum absolute atomic E-state index is 0.00332. The van der Waals surface area contributed by atoms with E-state index in [1.165, 1.54) is 6.92 Å². The predicted molar refractivity (Wildman–Crippen MR) is 62.4 cm³/mol. The Morgan fingerprint density at radius 1 is 1.24 bits per heavy atom. The molecule has 2 amide bonds. The maximum Gasteiger partial charge on any atom is 0.303 e. The Morgan fingerprint density at radius 3 is 2.24 bits per heavy atom. The van der Waals surface area contributed by atoms with Gasteiger partial charge in [-0.1, -0.05) is 6.92 Å². The van der Waals surface area contributed by atoms with Crippen molar-refractivity contribution in [2.24, 2.45) is 0 Å². The summed E-state index contributed by atoms with van der Waals surface area (Å²) >= 11 is 0. The first kappa shape index (κ1) is 15.4. The molecule has 0 heterocycles. The van der Waals surface area contributed by atoms with Gasteiger partial charge in [-0.05, 0) is 19.8 Å². The zero-order valence-corrected chi connectivity index (χ0v) is 10.4. The van der Waals surface area contributed by atoms with Crippen LogP contribution in [0.15, 0.2) is 0 Å². The van der Waals surface area contributed by atoms with Crippen LogP contribution in [0.1, 0.15) is 40.0 Å². The maximum atomic E-state index is 11.7. The summed E-state index contributed by atoms with van der Waals surface area (Å²) in [6.07, 6.45) is 0.716. The second-order valence-corrected chi connectivity index (χ2v) is 4.00. The molecule has 0 aromatic rings. The molecular formula is C11H20N2O4. The summed E-state index contributed by atoms with van der Waals surface area (Å²) in [6, 6.07) is -0.777. The summed E-state index contributed by atoms with van der Waals surface area (Å²) in [5.41, 5.74) is 0. The highest BCUT2D eigenvalue weighted by Crippen LogP contribution is 2.00. The third kappa shape index (κ3) is 7.32. The van der Waals surface area contributed by atoms with Crippen LogP contribution in [0.5, 0.6) is 0 Å². The van der Waals surface area contributed by atoms with E-state index in [0.717, 1.165) is 6.42 Å². The first-order valence-electron chi connectivity index (χ1n) is 5.66. The van der Waals surface area contributed by atoms with Gasteiger partial charge >= 0.3 is 5.97 Å². The average molecular weight is 244 g/mol. The van der Waals surface area contributed by atoms with E-state index in [0.29, 0.717) is 0 Å². The third-order valence-electron chi connectivity index (χ3n) is 2.34. The Hall–Kier alpha value is -1.59. The van der Waals surface area contributed by atoms with Crippen LogP contribution in [-0.4, -0.2) is 35.0 Å². The fourth-order valence-electron chi connectivity index (χ4n) is 1.23. The first-order chi connectivity index (χ1) is 7.86. The predicted octanol–water partition coefficient (Wildman–Crippen LogP) is 0.271. The summed E-state index contributed by atoms with van der Waals surface area (Å²) in [5.74, 6) is -1.67. The van der Waals surface area contributed by atoms with Crippen LogP contribution in [-0.2, 0) is 14.4 Å². The molecule has 17 heavy (non-hydrogen) atoms. The van der Waals surface area contributed by atoms with E-state index < -0.39 is 12.0 Å². The van der Waals surface area contributed by atoms with E-state index in [9.17, 15) is 14.4 Å². The van der Waals surface area contributed by atoms with Crippen LogP contribution in [0.4, 0.5) is 0 Å². The molecule has 0 fully saturated rings. The summed E-state index contributed by atoms with van der Waals surface area (Å²) in [5, 5.41) is 13.7. The molecule has 6 nitrogen and oxygen atoms in total. The number of hydrogen-bond donors (Lipinski definition) is 3. The molecule has 0 rings (SSSR count). The van der Waals surface area contributed by atoms with E-state index in [1.807, 2.05) is 13.8 Å². The lowest BCUT2D eigenvalue weighted by Crippen LogP contribution is -2.48. The number of aliphatic carboxylic acids is 1. The van der Waals surface area contributed by atoms with E-state index in [1.54, 1.807) is 0 Å². The zero-order valence-electron chi connectivity index (χ0n) is 10.4. The smallest absolute Gasteiger partial charge is 0.303 e. The van der Waals surface area contributed by atoms with Crippen molar-refractivity contribution in [1.29, 1.82) is 0 Å². The van der Waals surface area contributed by atoms with Crippen molar-refractivity contribution in [2.45, 2.75) is 52.1 Å². The summed E-state index contributed by atoms with van der Waals surface area (Å²) in [6.45, 7) is 5.07. The summed E-state index contributed by atoms with van der Waals surface area (Å²) < 4.78 is 0. The Balaban J connectivity index is 4.38. The number of carbonyl (C=O) groups excluding carboxylic acids is 2. The average Bonchev–Trinajstić information content (AvgIpc) is 2.22. The van der Waals surface area contributed by atoms with E-state index in [2.05, 4.69) is 10.6 Å². The lowest BCUT2D eigenvalue weighted by molar-refractivity contribution is -0.137. The van der Waals surface area contributed by atoms with Gasteiger partial charge in [-0.15, -0.1) is 0 Å². The molecule has 2 atom stereocenters. The zero-order chi connectivity index (χ0) is 13.4. The summed E-state index contributed by atoms with van der Waals surface area (Å²) in [4.78, 5) is 33.1. The highest BCUT2D eigenvalue weighted by Gasteiger charge is 2.21. The van der Waals surface area contributed by atoms with Gasteiger partial charge in [-0.2, -0.15) is 0 Å². The molecule has 0 saturated carbocycles. The molecular weight excluding hydrogens is 224 g/mol. The third-order valence-corrected chi connectivity index (χ3v) is 2.34. The largest absolute Gasteiger partial charge is 0.481 e. The first-order valence-corrected chi connectivity index (χ1v) is 5.66. The normalized spacial score (nSPS) is 13.6. The van der Waals surface area contributed by atoms with Crippen LogP contribution in [0.2, 0.25) is 0 Å². The Labute approximate surface area is 101 Å². The van der Waals surface area contributed by atoms with Crippen LogP contribution in [0.3, 0.4) is 0 Å². The van der Waals surface area contributed by atoms with Crippen molar-refractivity contribution in [3.05, 3.63) is 0 Å². The fourth-order valence-corrected chi connectivity index (χ4v) is 1.23. The molecule has 2 unspecified atom stereocenters. The number of carbonyl (C=O) groups is 3. The number of rotatable bonds is 7. The molecule has 0 spiro atoms. The van der Waals surface area contributed by atoms with Crippen LogP contribution in [0.25, 0.3) is 0 Å². The Kier molecular flexibility index (Phi) is 6.93. The monoisotopic (exact) mass is 244 g/mol. The molecule has 0 saturated heterocycles. The minimum Gasteiger partial charge on any atom is -0.481 e. The van der Waals surface area contributed by atoms with Gasteiger partial charge in [0.2, 0.25) is 11.8 Å². The topological polar surface area (TPSA) is 95.5 Å². The van der Waals surface area contributed by atoms with Crippen molar-refractivity contribution in [3.8, 4) is 0 Å². The standard InChI is InChI=1S/C11H20N2O4/c1-4-7(2)12-11(17)9(13-8(3)14)5-6-10(15)16/h7,9H,4-6H2,1-3H3,(H,12,17)(H,13,14)(H,15,16). The minimum atomic E-state index is -0.989. The second kappa shape index (κ2) is 7.65. The van der Waals surface area contributed by atoms with Crippen LogP contribution < -0.4 is 10.6 Å².